The Labute approximate surface area is 120 Å². The third kappa shape index (κ3) is 2.05. The maximum Gasteiger partial charge on any atom is 0.211 e. The van der Waals surface area contributed by atoms with E-state index in [1.807, 2.05) is 12.3 Å². The molecule has 0 atom stereocenters. The largest absolute Gasteiger partial charge is 0.307 e. The van der Waals surface area contributed by atoms with E-state index in [0.717, 1.165) is 34.8 Å². The van der Waals surface area contributed by atoms with Crippen molar-refractivity contribution in [2.45, 2.75) is 37.4 Å². The number of allylic oxidation sites excluding steroid dienone is 1. The standard InChI is InChI=1S/C14H16N2OS2/c1-3-8-16-13-11(15-14(16)18-2)12(17)9-6-4-5-7-10(9)19-13/h3H,1,4-8H2,2H3. The molecule has 0 bridgehead atoms. The molecule has 0 radical (unpaired) electrons. The predicted octanol–water partition coefficient (Wildman–Crippen LogP) is 3.24. The van der Waals surface area contributed by atoms with Gasteiger partial charge in [-0.1, -0.05) is 17.8 Å². The molecule has 2 aromatic heterocycles. The Hall–Kier alpha value is -1.07. The van der Waals surface area contributed by atoms with Gasteiger partial charge in [0.15, 0.2) is 5.16 Å². The molecule has 0 saturated carbocycles. The summed E-state index contributed by atoms with van der Waals surface area (Å²) in [5, 5.41) is 0.908. The molecule has 0 spiro atoms. The molecule has 0 aromatic carbocycles. The lowest BCUT2D eigenvalue weighted by atomic mass is 9.98. The second-order valence-electron chi connectivity index (χ2n) is 4.69. The quantitative estimate of drug-likeness (QED) is 0.643. The molecule has 0 amide bonds. The topological polar surface area (TPSA) is 34.9 Å². The first-order valence-corrected chi connectivity index (χ1v) is 8.50. The van der Waals surface area contributed by atoms with Crippen molar-refractivity contribution in [3.05, 3.63) is 33.3 Å². The van der Waals surface area contributed by atoms with Crippen molar-refractivity contribution >= 4 is 33.4 Å². The van der Waals surface area contributed by atoms with Gasteiger partial charge in [-0.25, -0.2) is 4.98 Å². The van der Waals surface area contributed by atoms with Crippen LogP contribution in [0.2, 0.25) is 0 Å². The van der Waals surface area contributed by atoms with E-state index < -0.39 is 0 Å². The number of rotatable bonds is 3. The maximum atomic E-state index is 12.6. The summed E-state index contributed by atoms with van der Waals surface area (Å²) in [6.07, 6.45) is 8.14. The molecule has 0 N–H and O–H groups in total. The lowest BCUT2D eigenvalue weighted by molar-refractivity contribution is 0.692. The highest BCUT2D eigenvalue weighted by atomic mass is 32.2. The molecule has 3 rings (SSSR count). The molecule has 2 aromatic rings. The van der Waals surface area contributed by atoms with Crippen LogP contribution in [0.25, 0.3) is 10.3 Å². The van der Waals surface area contributed by atoms with Gasteiger partial charge in [0.25, 0.3) is 0 Å². The minimum absolute atomic E-state index is 0.154. The summed E-state index contributed by atoms with van der Waals surface area (Å²) in [5.74, 6) is 0. The maximum absolute atomic E-state index is 12.6. The SMILES string of the molecule is C=CCn1c(SC)nc2c(=O)c3c(sc21)CCCC3. The second kappa shape index (κ2) is 5.13. The van der Waals surface area contributed by atoms with Gasteiger partial charge in [-0.2, -0.15) is 0 Å². The zero-order chi connectivity index (χ0) is 13.4. The van der Waals surface area contributed by atoms with E-state index in [2.05, 4.69) is 16.1 Å². The van der Waals surface area contributed by atoms with Crippen LogP contribution in [0.4, 0.5) is 0 Å². The summed E-state index contributed by atoms with van der Waals surface area (Å²) < 4.78 is 2.11. The fraction of sp³-hybridized carbons (Fsp3) is 0.429. The van der Waals surface area contributed by atoms with Crippen molar-refractivity contribution in [3.8, 4) is 0 Å². The summed E-state index contributed by atoms with van der Waals surface area (Å²) in [7, 11) is 0. The van der Waals surface area contributed by atoms with E-state index in [4.69, 9.17) is 0 Å². The molecule has 2 heterocycles. The molecule has 5 heteroatoms. The number of fused-ring (bicyclic) bond motifs is 2. The van der Waals surface area contributed by atoms with Gasteiger partial charge in [0.05, 0.1) is 0 Å². The number of hydrogen-bond acceptors (Lipinski definition) is 4. The number of aryl methyl sites for hydroxylation is 1. The summed E-state index contributed by atoms with van der Waals surface area (Å²) in [4.78, 5) is 19.4. The van der Waals surface area contributed by atoms with Crippen LogP contribution in [0.15, 0.2) is 22.6 Å². The van der Waals surface area contributed by atoms with Crippen LogP contribution in [0.5, 0.6) is 0 Å². The van der Waals surface area contributed by atoms with Crippen molar-refractivity contribution in [3.63, 3.8) is 0 Å². The van der Waals surface area contributed by atoms with Crippen LogP contribution >= 0.6 is 23.1 Å². The molecule has 0 saturated heterocycles. The monoisotopic (exact) mass is 292 g/mol. The molecule has 0 aliphatic heterocycles. The highest BCUT2D eigenvalue weighted by molar-refractivity contribution is 7.98. The summed E-state index contributed by atoms with van der Waals surface area (Å²) in [6, 6.07) is 0. The molecule has 100 valence electrons. The van der Waals surface area contributed by atoms with E-state index in [-0.39, 0.29) is 5.43 Å². The number of nitrogens with zero attached hydrogens (tertiary/aromatic N) is 2. The molecule has 0 fully saturated rings. The van der Waals surface area contributed by atoms with E-state index in [9.17, 15) is 4.79 Å². The zero-order valence-corrected chi connectivity index (χ0v) is 12.6. The molecule has 19 heavy (non-hydrogen) atoms. The van der Waals surface area contributed by atoms with Crippen LogP contribution in [0.1, 0.15) is 23.3 Å². The Morgan fingerprint density at radius 3 is 3.00 bits per heavy atom. The molecular weight excluding hydrogens is 276 g/mol. The fourth-order valence-electron chi connectivity index (χ4n) is 2.61. The lowest BCUT2D eigenvalue weighted by Crippen LogP contribution is -2.15. The van der Waals surface area contributed by atoms with Gasteiger partial charge in [-0.05, 0) is 31.9 Å². The average Bonchev–Trinajstić information content (AvgIpc) is 2.78. The average molecular weight is 292 g/mol. The third-order valence-corrected chi connectivity index (χ3v) is 5.49. The van der Waals surface area contributed by atoms with Gasteiger partial charge in [-0.3, -0.25) is 4.79 Å². The Morgan fingerprint density at radius 1 is 1.47 bits per heavy atom. The van der Waals surface area contributed by atoms with Crippen molar-refractivity contribution < 1.29 is 0 Å². The minimum atomic E-state index is 0.154. The molecule has 1 aliphatic rings. The van der Waals surface area contributed by atoms with E-state index in [1.165, 1.54) is 11.3 Å². The predicted molar refractivity (Wildman–Crippen MR) is 82.5 cm³/mol. The third-order valence-electron chi connectivity index (χ3n) is 3.51. The molecule has 0 unspecified atom stereocenters. The van der Waals surface area contributed by atoms with E-state index >= 15 is 0 Å². The van der Waals surface area contributed by atoms with Gasteiger partial charge in [0.1, 0.15) is 10.3 Å². The highest BCUT2D eigenvalue weighted by Crippen LogP contribution is 2.30. The smallest absolute Gasteiger partial charge is 0.211 e. The van der Waals surface area contributed by atoms with Gasteiger partial charge < -0.3 is 4.57 Å². The Bertz CT molecular complexity index is 700. The fourth-order valence-corrected chi connectivity index (χ4v) is 4.54. The van der Waals surface area contributed by atoms with Crippen LogP contribution in [0.3, 0.4) is 0 Å². The number of hydrogen-bond donors (Lipinski definition) is 0. The van der Waals surface area contributed by atoms with Crippen molar-refractivity contribution in [1.82, 2.24) is 9.55 Å². The minimum Gasteiger partial charge on any atom is -0.307 e. The number of aromatic nitrogens is 2. The molecular formula is C14H16N2OS2. The van der Waals surface area contributed by atoms with Crippen LogP contribution in [-0.4, -0.2) is 15.8 Å². The Balaban J connectivity index is 2.33. The summed E-state index contributed by atoms with van der Waals surface area (Å²) in [6.45, 7) is 4.51. The Kier molecular flexibility index (Phi) is 3.50. The van der Waals surface area contributed by atoms with Crippen LogP contribution in [-0.2, 0) is 19.4 Å². The van der Waals surface area contributed by atoms with Crippen LogP contribution in [0, 0.1) is 0 Å². The lowest BCUT2D eigenvalue weighted by Gasteiger charge is -2.13. The van der Waals surface area contributed by atoms with Crippen molar-refractivity contribution in [2.24, 2.45) is 0 Å². The first-order chi connectivity index (χ1) is 9.26. The van der Waals surface area contributed by atoms with Gasteiger partial charge >= 0.3 is 0 Å². The van der Waals surface area contributed by atoms with E-state index in [0.29, 0.717) is 12.1 Å². The first-order valence-electron chi connectivity index (χ1n) is 6.46. The normalized spacial score (nSPS) is 14.6. The van der Waals surface area contributed by atoms with Gasteiger partial charge in [0, 0.05) is 17.0 Å². The summed E-state index contributed by atoms with van der Waals surface area (Å²) >= 11 is 3.33. The van der Waals surface area contributed by atoms with E-state index in [1.54, 1.807) is 23.1 Å². The van der Waals surface area contributed by atoms with Crippen LogP contribution < -0.4 is 5.43 Å². The summed E-state index contributed by atoms with van der Waals surface area (Å²) in [5.41, 5.74) is 1.82. The molecule has 1 aliphatic carbocycles. The van der Waals surface area contributed by atoms with Crippen molar-refractivity contribution in [1.29, 1.82) is 0 Å². The second-order valence-corrected chi connectivity index (χ2v) is 6.55. The highest BCUT2D eigenvalue weighted by Gasteiger charge is 2.20. The van der Waals surface area contributed by atoms with Gasteiger partial charge in [-0.15, -0.1) is 17.9 Å². The molecule has 3 nitrogen and oxygen atoms in total. The van der Waals surface area contributed by atoms with Gasteiger partial charge in [0.2, 0.25) is 5.43 Å². The van der Waals surface area contributed by atoms with Crippen molar-refractivity contribution in [2.75, 3.05) is 6.26 Å². The zero-order valence-electron chi connectivity index (χ0n) is 10.9. The Morgan fingerprint density at radius 2 is 2.26 bits per heavy atom. The number of thioether (sulfide) groups is 1. The first kappa shape index (κ1) is 12.9. The number of imidazole rings is 1.